The van der Waals surface area contributed by atoms with Crippen LogP contribution in [0.1, 0.15) is 84.1 Å². The summed E-state index contributed by atoms with van der Waals surface area (Å²) in [6, 6.07) is 6.64. The molecule has 1 aromatic carbocycles. The lowest BCUT2D eigenvalue weighted by Gasteiger charge is -2.43. The van der Waals surface area contributed by atoms with Crippen molar-refractivity contribution in [2.75, 3.05) is 13.1 Å². The van der Waals surface area contributed by atoms with E-state index in [1.165, 1.54) is 32.1 Å². The molecule has 2 aliphatic carbocycles. The first kappa shape index (κ1) is 17.2. The molecule has 2 heterocycles. The molecule has 1 saturated heterocycles. The highest BCUT2D eigenvalue weighted by atomic mass is 16.2. The normalized spacial score (nSPS) is 25.8. The smallest absolute Gasteiger partial charge is 0.256 e. The van der Waals surface area contributed by atoms with Gasteiger partial charge in [0, 0.05) is 25.2 Å². The molecule has 0 bridgehead atoms. The van der Waals surface area contributed by atoms with E-state index < -0.39 is 5.91 Å². The van der Waals surface area contributed by atoms with Gasteiger partial charge in [-0.15, -0.1) is 0 Å². The van der Waals surface area contributed by atoms with E-state index in [0.29, 0.717) is 11.1 Å². The summed E-state index contributed by atoms with van der Waals surface area (Å²) in [5.74, 6) is -0.460. The first-order chi connectivity index (χ1) is 13.1. The first-order valence-corrected chi connectivity index (χ1v) is 10.6. The van der Waals surface area contributed by atoms with Crippen molar-refractivity contribution in [3.05, 3.63) is 34.9 Å². The summed E-state index contributed by atoms with van der Waals surface area (Å²) in [6.07, 6.45) is 10.9. The fourth-order valence-corrected chi connectivity index (χ4v) is 5.92. The van der Waals surface area contributed by atoms with E-state index in [0.717, 1.165) is 50.4 Å². The maximum atomic E-state index is 13.4. The van der Waals surface area contributed by atoms with Gasteiger partial charge in [0.2, 0.25) is 5.91 Å². The van der Waals surface area contributed by atoms with Gasteiger partial charge in [-0.05, 0) is 50.2 Å². The molecule has 0 atom stereocenters. The van der Waals surface area contributed by atoms with Crippen LogP contribution in [0.3, 0.4) is 0 Å². The topological polar surface area (TPSA) is 66.6 Å². The van der Waals surface area contributed by atoms with E-state index in [4.69, 9.17) is 5.73 Å². The van der Waals surface area contributed by atoms with Crippen molar-refractivity contribution in [3.8, 4) is 0 Å². The molecule has 5 rings (SSSR count). The second kappa shape index (κ2) is 6.33. The number of hydrogen-bond donors (Lipinski definition) is 1. The quantitative estimate of drug-likeness (QED) is 0.893. The zero-order chi connectivity index (χ0) is 18.6. The third-order valence-electron chi connectivity index (χ3n) is 7.40. The largest absolute Gasteiger partial charge is 0.366 e. The average molecular weight is 367 g/mol. The number of benzene rings is 1. The number of nitrogens with two attached hydrogens (primary N) is 1. The van der Waals surface area contributed by atoms with E-state index >= 15 is 0 Å². The van der Waals surface area contributed by atoms with E-state index in [2.05, 4.69) is 9.80 Å². The number of carbonyl (C=O) groups excluding carboxylic acids is 2. The summed E-state index contributed by atoms with van der Waals surface area (Å²) >= 11 is 0. The summed E-state index contributed by atoms with van der Waals surface area (Å²) in [5, 5.41) is 0. The Hall–Kier alpha value is -1.88. The Morgan fingerprint density at radius 1 is 1.00 bits per heavy atom. The molecule has 5 heteroatoms. The molecule has 1 spiro atoms. The molecule has 2 saturated carbocycles. The number of rotatable bonds is 3. The van der Waals surface area contributed by atoms with Gasteiger partial charge in [0.15, 0.2) is 0 Å². The van der Waals surface area contributed by atoms with Gasteiger partial charge in [0.05, 0.1) is 16.7 Å². The molecule has 0 radical (unpaired) electrons. The van der Waals surface area contributed by atoms with Crippen LogP contribution in [0.15, 0.2) is 18.2 Å². The predicted octanol–water partition coefficient (Wildman–Crippen LogP) is 3.03. The van der Waals surface area contributed by atoms with Crippen molar-refractivity contribution >= 4 is 11.8 Å². The molecule has 144 valence electrons. The van der Waals surface area contributed by atoms with Gasteiger partial charge in [0.1, 0.15) is 0 Å². The van der Waals surface area contributed by atoms with Crippen LogP contribution in [0.25, 0.3) is 0 Å². The predicted molar refractivity (Wildman–Crippen MR) is 104 cm³/mol. The molecule has 1 aromatic rings. The van der Waals surface area contributed by atoms with Crippen LogP contribution >= 0.6 is 0 Å². The van der Waals surface area contributed by atoms with Crippen molar-refractivity contribution in [1.82, 2.24) is 9.80 Å². The molecule has 27 heavy (non-hydrogen) atoms. The summed E-state index contributed by atoms with van der Waals surface area (Å²) in [7, 11) is 0. The van der Waals surface area contributed by atoms with Gasteiger partial charge in [-0.1, -0.05) is 31.4 Å². The van der Waals surface area contributed by atoms with Crippen molar-refractivity contribution in [2.45, 2.75) is 75.4 Å². The molecule has 0 unspecified atom stereocenters. The lowest BCUT2D eigenvalue weighted by atomic mass is 9.91. The highest BCUT2D eigenvalue weighted by Crippen LogP contribution is 2.58. The molecule has 0 aromatic heterocycles. The van der Waals surface area contributed by atoms with E-state index in [9.17, 15) is 9.59 Å². The average Bonchev–Trinajstić information content (AvgIpc) is 3.45. The number of piperidine rings is 1. The van der Waals surface area contributed by atoms with Crippen LogP contribution in [0, 0.1) is 0 Å². The number of primary amides is 1. The molecule has 2 N–H and O–H groups in total. The van der Waals surface area contributed by atoms with E-state index in [-0.39, 0.29) is 17.5 Å². The standard InChI is InChI=1S/C22H29N3O2/c23-20(26)17-7-4-8-18-19(17)21(27)25(22(18)11-12-22)16-9-13-24(14-10-16)15-5-2-1-3-6-15/h4,7-8,15-16H,1-3,5-6,9-14H2,(H2,23,26). The van der Waals surface area contributed by atoms with Gasteiger partial charge in [-0.2, -0.15) is 0 Å². The second-order valence-corrected chi connectivity index (χ2v) is 8.86. The Morgan fingerprint density at radius 2 is 1.70 bits per heavy atom. The van der Waals surface area contributed by atoms with Crippen LogP contribution < -0.4 is 5.73 Å². The lowest BCUT2D eigenvalue weighted by Crippen LogP contribution is -2.51. The maximum Gasteiger partial charge on any atom is 0.256 e. The van der Waals surface area contributed by atoms with Gasteiger partial charge < -0.3 is 15.5 Å². The minimum absolute atomic E-state index is 0.0352. The number of hydrogen-bond acceptors (Lipinski definition) is 3. The fraction of sp³-hybridized carbons (Fsp3) is 0.636. The van der Waals surface area contributed by atoms with Crippen LogP contribution in [-0.2, 0) is 5.54 Å². The lowest BCUT2D eigenvalue weighted by molar-refractivity contribution is 0.0360. The monoisotopic (exact) mass is 367 g/mol. The molecular weight excluding hydrogens is 338 g/mol. The molecule has 2 aliphatic heterocycles. The highest BCUT2D eigenvalue weighted by Gasteiger charge is 2.60. The third-order valence-corrected chi connectivity index (χ3v) is 7.40. The minimum Gasteiger partial charge on any atom is -0.366 e. The zero-order valence-electron chi connectivity index (χ0n) is 16.0. The maximum absolute atomic E-state index is 13.4. The number of likely N-dealkylation sites (tertiary alicyclic amines) is 1. The Balaban J connectivity index is 1.37. The Bertz CT molecular complexity index is 772. The SMILES string of the molecule is NC(=O)c1cccc2c1C(=O)N(C1CCN(C3CCCCC3)CC1)C21CC1. The zero-order valence-corrected chi connectivity index (χ0v) is 16.0. The minimum atomic E-state index is -0.495. The van der Waals surface area contributed by atoms with Crippen molar-refractivity contribution in [2.24, 2.45) is 5.73 Å². The van der Waals surface area contributed by atoms with Crippen LogP contribution in [-0.4, -0.2) is 46.8 Å². The van der Waals surface area contributed by atoms with Gasteiger partial charge in [-0.3, -0.25) is 9.59 Å². The number of carbonyl (C=O) groups is 2. The molecule has 5 nitrogen and oxygen atoms in total. The van der Waals surface area contributed by atoms with Crippen LogP contribution in [0.4, 0.5) is 0 Å². The Morgan fingerprint density at radius 3 is 2.33 bits per heavy atom. The summed E-state index contributed by atoms with van der Waals surface area (Å²) < 4.78 is 0. The Kier molecular flexibility index (Phi) is 4.04. The fourth-order valence-electron chi connectivity index (χ4n) is 5.92. The van der Waals surface area contributed by atoms with Gasteiger partial charge >= 0.3 is 0 Å². The second-order valence-electron chi connectivity index (χ2n) is 8.86. The van der Waals surface area contributed by atoms with Crippen molar-refractivity contribution in [3.63, 3.8) is 0 Å². The molecule has 3 fully saturated rings. The van der Waals surface area contributed by atoms with Crippen LogP contribution in [0.5, 0.6) is 0 Å². The third kappa shape index (κ3) is 2.62. The Labute approximate surface area is 160 Å². The summed E-state index contributed by atoms with van der Waals surface area (Å²) in [6.45, 7) is 2.18. The molecular formula is C22H29N3O2. The van der Waals surface area contributed by atoms with Gasteiger partial charge in [-0.25, -0.2) is 0 Å². The highest BCUT2D eigenvalue weighted by molar-refractivity contribution is 6.10. The molecule has 4 aliphatic rings. The first-order valence-electron chi connectivity index (χ1n) is 10.6. The van der Waals surface area contributed by atoms with E-state index in [1.54, 1.807) is 6.07 Å². The summed E-state index contributed by atoms with van der Waals surface area (Å²) in [5.41, 5.74) is 7.42. The van der Waals surface area contributed by atoms with Crippen molar-refractivity contribution in [1.29, 1.82) is 0 Å². The number of fused-ring (bicyclic) bond motifs is 2. The van der Waals surface area contributed by atoms with Gasteiger partial charge in [0.25, 0.3) is 5.91 Å². The summed E-state index contributed by atoms with van der Waals surface area (Å²) in [4.78, 5) is 30.1. The molecule has 2 amide bonds. The number of nitrogens with zero attached hydrogens (tertiary/aromatic N) is 2. The van der Waals surface area contributed by atoms with Crippen molar-refractivity contribution < 1.29 is 9.59 Å². The van der Waals surface area contributed by atoms with E-state index in [1.807, 2.05) is 12.1 Å². The number of amides is 2. The van der Waals surface area contributed by atoms with Crippen LogP contribution in [0.2, 0.25) is 0 Å².